The molecule has 5 nitrogen and oxygen atoms in total. The number of ether oxygens (including phenoxy) is 1. The minimum atomic E-state index is -3.72. The lowest BCUT2D eigenvalue weighted by atomic mass is 9.98. The minimum Gasteiger partial charge on any atom is -0.497 e. The molecule has 0 fully saturated rings. The molecule has 0 aliphatic carbocycles. The first-order valence-electron chi connectivity index (χ1n) is 7.91. The summed E-state index contributed by atoms with van der Waals surface area (Å²) in [5, 5.41) is 0. The van der Waals surface area contributed by atoms with E-state index in [0.29, 0.717) is 16.9 Å². The molecular weight excluding hydrogens is 338 g/mol. The number of benzene rings is 2. The van der Waals surface area contributed by atoms with Crippen molar-refractivity contribution in [2.24, 2.45) is 0 Å². The van der Waals surface area contributed by atoms with Crippen molar-refractivity contribution in [3.05, 3.63) is 65.7 Å². The summed E-state index contributed by atoms with van der Waals surface area (Å²) >= 11 is 0. The normalized spacial score (nSPS) is 13.3. The molecule has 6 heteroatoms. The Balaban J connectivity index is 2.46. The summed E-state index contributed by atoms with van der Waals surface area (Å²) in [7, 11) is -2.17. The van der Waals surface area contributed by atoms with Crippen LogP contribution in [0.5, 0.6) is 5.75 Å². The Kier molecular flexibility index (Phi) is 5.65. The van der Waals surface area contributed by atoms with Gasteiger partial charge in [0.1, 0.15) is 11.8 Å². The van der Waals surface area contributed by atoms with Gasteiger partial charge in [0.25, 0.3) is 0 Å². The van der Waals surface area contributed by atoms with Gasteiger partial charge in [-0.15, -0.1) is 0 Å². The van der Waals surface area contributed by atoms with Gasteiger partial charge < -0.3 is 4.74 Å². The average molecular weight is 361 g/mol. The lowest BCUT2D eigenvalue weighted by Gasteiger charge is -2.25. The highest BCUT2D eigenvalue weighted by molar-refractivity contribution is 7.90. The Morgan fingerprint density at radius 2 is 1.56 bits per heavy atom. The zero-order chi connectivity index (χ0) is 18.7. The Morgan fingerprint density at radius 3 is 2.04 bits per heavy atom. The van der Waals surface area contributed by atoms with Crippen LogP contribution >= 0.6 is 0 Å². The van der Waals surface area contributed by atoms with Crippen molar-refractivity contribution in [1.29, 1.82) is 0 Å². The molecule has 1 atom stereocenters. The second-order valence-electron chi connectivity index (χ2n) is 6.67. The number of methoxy groups -OCH3 is 1. The predicted octanol–water partition coefficient (Wildman–Crippen LogP) is 3.34. The lowest BCUT2D eigenvalue weighted by molar-refractivity contribution is 0.0953. The second-order valence-corrected chi connectivity index (χ2v) is 9.14. The molecule has 0 aliphatic heterocycles. The molecule has 0 aliphatic rings. The summed E-state index contributed by atoms with van der Waals surface area (Å²) in [6, 6.07) is 14.4. The van der Waals surface area contributed by atoms with Crippen LogP contribution in [0.3, 0.4) is 0 Å². The minimum absolute atomic E-state index is 0.307. The molecule has 2 aromatic carbocycles. The molecule has 0 heterocycles. The van der Waals surface area contributed by atoms with Gasteiger partial charge in [0.05, 0.1) is 11.9 Å². The molecule has 0 bridgehead atoms. The van der Waals surface area contributed by atoms with E-state index in [-0.39, 0.29) is 5.78 Å². The summed E-state index contributed by atoms with van der Waals surface area (Å²) in [6.45, 7) is 4.77. The number of rotatable bonds is 6. The van der Waals surface area contributed by atoms with Crippen molar-refractivity contribution in [3.63, 3.8) is 0 Å². The Labute approximate surface area is 149 Å². The van der Waals surface area contributed by atoms with Crippen LogP contribution in [0.2, 0.25) is 0 Å². The van der Waals surface area contributed by atoms with Gasteiger partial charge in [-0.3, -0.25) is 4.79 Å². The second kappa shape index (κ2) is 7.37. The fraction of sp³-hybridized carbons (Fsp3) is 0.316. The van der Waals surface area contributed by atoms with E-state index in [1.165, 1.54) is 0 Å². The third-order valence-corrected chi connectivity index (χ3v) is 6.01. The van der Waals surface area contributed by atoms with Gasteiger partial charge in [-0.25, -0.2) is 8.42 Å². The molecule has 0 radical (unpaired) electrons. The number of sulfonamides is 1. The first-order valence-corrected chi connectivity index (χ1v) is 9.39. The summed E-state index contributed by atoms with van der Waals surface area (Å²) in [4.78, 5) is 12.9. The van der Waals surface area contributed by atoms with E-state index in [2.05, 4.69) is 4.72 Å². The molecule has 0 saturated carbocycles. The standard InChI is InChI=1S/C19H23NO4S/c1-19(2,3)25(22,23)20-17(14-10-12-16(24-4)13-11-14)18(21)15-8-6-5-7-9-15/h5-13,17,20H,1-4H3/t17-/m0/s1. The number of carbonyl (C=O) groups is 1. The highest BCUT2D eigenvalue weighted by Gasteiger charge is 2.34. The molecule has 134 valence electrons. The van der Waals surface area contributed by atoms with Gasteiger partial charge in [-0.1, -0.05) is 42.5 Å². The van der Waals surface area contributed by atoms with Crippen molar-refractivity contribution in [2.75, 3.05) is 7.11 Å². The largest absolute Gasteiger partial charge is 0.497 e. The molecule has 25 heavy (non-hydrogen) atoms. The van der Waals surface area contributed by atoms with Crippen molar-refractivity contribution in [2.45, 2.75) is 31.6 Å². The zero-order valence-electron chi connectivity index (χ0n) is 14.8. The van der Waals surface area contributed by atoms with Crippen LogP contribution in [0, 0.1) is 0 Å². The summed E-state index contributed by atoms with van der Waals surface area (Å²) in [5.74, 6) is 0.326. The third kappa shape index (κ3) is 4.46. The van der Waals surface area contributed by atoms with Crippen LogP contribution in [-0.4, -0.2) is 26.1 Å². The topological polar surface area (TPSA) is 72.5 Å². The molecule has 0 spiro atoms. The highest BCUT2D eigenvalue weighted by Crippen LogP contribution is 2.25. The monoisotopic (exact) mass is 361 g/mol. The van der Waals surface area contributed by atoms with Crippen LogP contribution in [-0.2, 0) is 10.0 Å². The first-order chi connectivity index (χ1) is 11.7. The molecule has 0 saturated heterocycles. The van der Waals surface area contributed by atoms with Gasteiger partial charge in [0.2, 0.25) is 10.0 Å². The first kappa shape index (κ1) is 19.1. The number of nitrogens with one attached hydrogen (secondary N) is 1. The van der Waals surface area contributed by atoms with Crippen LogP contribution < -0.4 is 9.46 Å². The third-order valence-electron chi connectivity index (χ3n) is 3.85. The number of Topliss-reactive ketones (excluding diaryl/α,β-unsaturated/α-hetero) is 1. The van der Waals surface area contributed by atoms with E-state index in [1.807, 2.05) is 0 Å². The van der Waals surface area contributed by atoms with Crippen molar-refractivity contribution < 1.29 is 17.9 Å². The quantitative estimate of drug-likeness (QED) is 0.801. The van der Waals surface area contributed by atoms with Gasteiger partial charge in [-0.2, -0.15) is 4.72 Å². The van der Waals surface area contributed by atoms with Gasteiger partial charge in [0.15, 0.2) is 5.78 Å². The molecule has 0 aromatic heterocycles. The maximum absolute atomic E-state index is 12.9. The van der Waals surface area contributed by atoms with Gasteiger partial charge in [0, 0.05) is 5.56 Å². The maximum Gasteiger partial charge on any atom is 0.217 e. The molecular formula is C19H23NO4S. The van der Waals surface area contributed by atoms with E-state index < -0.39 is 20.8 Å². The smallest absolute Gasteiger partial charge is 0.217 e. The van der Waals surface area contributed by atoms with Gasteiger partial charge >= 0.3 is 0 Å². The summed E-state index contributed by atoms with van der Waals surface area (Å²) in [6.07, 6.45) is 0. The summed E-state index contributed by atoms with van der Waals surface area (Å²) < 4.78 is 31.9. The highest BCUT2D eigenvalue weighted by atomic mass is 32.2. The van der Waals surface area contributed by atoms with Crippen molar-refractivity contribution >= 4 is 15.8 Å². The SMILES string of the molecule is COc1ccc([C@H](NS(=O)(=O)C(C)(C)C)C(=O)c2ccccc2)cc1. The van der Waals surface area contributed by atoms with Crippen LogP contribution in [0.1, 0.15) is 42.7 Å². The number of hydrogen-bond acceptors (Lipinski definition) is 4. The van der Waals surface area contributed by atoms with Crippen LogP contribution in [0.25, 0.3) is 0 Å². The van der Waals surface area contributed by atoms with Crippen molar-refractivity contribution in [3.8, 4) is 5.75 Å². The maximum atomic E-state index is 12.9. The fourth-order valence-corrected chi connectivity index (χ4v) is 3.08. The molecule has 2 aromatic rings. The van der Waals surface area contributed by atoms with E-state index in [4.69, 9.17) is 4.74 Å². The van der Waals surface area contributed by atoms with Gasteiger partial charge in [-0.05, 0) is 38.5 Å². The Morgan fingerprint density at radius 1 is 1.00 bits per heavy atom. The zero-order valence-corrected chi connectivity index (χ0v) is 15.6. The number of carbonyl (C=O) groups excluding carboxylic acids is 1. The molecule has 2 rings (SSSR count). The van der Waals surface area contributed by atoms with E-state index in [0.717, 1.165) is 0 Å². The lowest BCUT2D eigenvalue weighted by Crippen LogP contribution is -2.43. The summed E-state index contributed by atoms with van der Waals surface area (Å²) in [5.41, 5.74) is 1.00. The molecule has 1 N–H and O–H groups in total. The average Bonchev–Trinajstić information content (AvgIpc) is 2.59. The van der Waals surface area contributed by atoms with E-state index in [9.17, 15) is 13.2 Å². The van der Waals surface area contributed by atoms with Crippen molar-refractivity contribution in [1.82, 2.24) is 4.72 Å². The molecule has 0 unspecified atom stereocenters. The van der Waals surface area contributed by atoms with E-state index >= 15 is 0 Å². The fourth-order valence-electron chi connectivity index (χ4n) is 2.17. The van der Waals surface area contributed by atoms with E-state index in [1.54, 1.807) is 82.5 Å². The number of ketones is 1. The predicted molar refractivity (Wildman–Crippen MR) is 98.3 cm³/mol. The Bertz CT molecular complexity index is 822. The van der Waals surface area contributed by atoms with Crippen LogP contribution in [0.15, 0.2) is 54.6 Å². The number of hydrogen-bond donors (Lipinski definition) is 1. The Hall–Kier alpha value is -2.18. The van der Waals surface area contributed by atoms with Crippen LogP contribution in [0.4, 0.5) is 0 Å². The molecule has 0 amide bonds.